The van der Waals surface area contributed by atoms with E-state index in [4.69, 9.17) is 4.74 Å². The maximum Gasteiger partial charge on any atom is 0.407 e. The number of hydrogen-bond donors (Lipinski definition) is 1. The van der Waals surface area contributed by atoms with Crippen LogP contribution < -0.4 is 4.74 Å². The van der Waals surface area contributed by atoms with Crippen LogP contribution in [0.25, 0.3) is 0 Å². The Hall–Kier alpha value is -1.56. The first-order valence-electron chi connectivity index (χ1n) is 8.54. The zero-order valence-corrected chi connectivity index (χ0v) is 17.7. The van der Waals surface area contributed by atoms with Gasteiger partial charge >= 0.3 is 6.09 Å². The molecule has 0 unspecified atom stereocenters. The van der Waals surface area contributed by atoms with Crippen LogP contribution in [0.15, 0.2) is 10.5 Å². The summed E-state index contributed by atoms with van der Waals surface area (Å²) in [6.45, 7) is 8.64. The highest BCUT2D eigenvalue weighted by Crippen LogP contribution is 2.35. The first kappa shape index (κ1) is 19.2. The van der Waals surface area contributed by atoms with Crippen LogP contribution in [0.1, 0.15) is 11.1 Å². The number of nitrogens with zero attached hydrogens (tertiary/aromatic N) is 2. The van der Waals surface area contributed by atoms with Crippen LogP contribution in [0.5, 0.6) is 5.75 Å². The number of carbonyl (C=O) groups is 1. The summed E-state index contributed by atoms with van der Waals surface area (Å²) in [5, 5.41) is 9.20. The summed E-state index contributed by atoms with van der Waals surface area (Å²) in [5.74, 6) is 2.93. The van der Waals surface area contributed by atoms with Crippen molar-refractivity contribution in [1.29, 1.82) is 0 Å². The second kappa shape index (κ2) is 7.22. The average Bonchev–Trinajstić information content (AvgIpc) is 2.74. The maximum absolute atomic E-state index is 14.9. The highest BCUT2D eigenvalue weighted by atomic mass is 79.9. The van der Waals surface area contributed by atoms with Gasteiger partial charge in [-0.2, -0.15) is 0 Å². The number of piperazine rings is 1. The molecular weight excluding hydrogens is 419 g/mol. The van der Waals surface area contributed by atoms with Gasteiger partial charge in [0, 0.05) is 37.3 Å². The van der Waals surface area contributed by atoms with E-state index in [9.17, 15) is 14.3 Å². The standard InChI is InChI=1S/C18H22BrFN2O3Si/c1-26(2,3)7-4-12-8-13-9-21-5-6-22(18(23)24)10-14(21)11-25-17(13)16(20)15(12)19/h8,14H,5-6,9-11H2,1-3H3,(H,23,24)/t14-/m1/s1. The monoisotopic (exact) mass is 440 g/mol. The molecule has 1 aromatic rings. The van der Waals surface area contributed by atoms with Crippen LogP contribution in [0.4, 0.5) is 9.18 Å². The van der Waals surface area contributed by atoms with Gasteiger partial charge in [-0.05, 0) is 22.0 Å². The van der Waals surface area contributed by atoms with E-state index in [0.717, 1.165) is 5.56 Å². The van der Waals surface area contributed by atoms with E-state index in [1.165, 1.54) is 4.90 Å². The molecular formula is C18H22BrFN2O3Si. The molecule has 0 saturated carbocycles. The van der Waals surface area contributed by atoms with Crippen molar-refractivity contribution in [2.75, 3.05) is 26.2 Å². The predicted octanol–water partition coefficient (Wildman–Crippen LogP) is 3.37. The average molecular weight is 441 g/mol. The van der Waals surface area contributed by atoms with Crippen molar-refractivity contribution in [2.45, 2.75) is 32.2 Å². The predicted molar refractivity (Wildman–Crippen MR) is 104 cm³/mol. The third-order valence-corrected chi connectivity index (χ3v) is 6.13. The maximum atomic E-state index is 14.9. The van der Waals surface area contributed by atoms with Crippen LogP contribution in [-0.4, -0.2) is 61.4 Å². The van der Waals surface area contributed by atoms with Crippen LogP contribution >= 0.6 is 15.9 Å². The summed E-state index contributed by atoms with van der Waals surface area (Å²) in [4.78, 5) is 14.8. The summed E-state index contributed by atoms with van der Waals surface area (Å²) in [5.41, 5.74) is 4.66. The van der Waals surface area contributed by atoms with E-state index >= 15 is 0 Å². The lowest BCUT2D eigenvalue weighted by atomic mass is 10.1. The minimum atomic E-state index is -1.58. The minimum Gasteiger partial charge on any atom is -0.488 e. The molecule has 0 spiro atoms. The van der Waals surface area contributed by atoms with Crippen molar-refractivity contribution in [3.63, 3.8) is 0 Å². The third-order valence-electron chi connectivity index (χ3n) is 4.48. The second-order valence-electron chi connectivity index (χ2n) is 7.70. The highest BCUT2D eigenvalue weighted by Gasteiger charge is 2.34. The largest absolute Gasteiger partial charge is 0.488 e. The molecule has 140 valence electrons. The molecule has 3 rings (SSSR count). The van der Waals surface area contributed by atoms with Gasteiger partial charge in [-0.3, -0.25) is 4.90 Å². The van der Waals surface area contributed by atoms with Crippen molar-refractivity contribution < 1.29 is 19.0 Å². The minimum absolute atomic E-state index is 0.0815. The molecule has 1 N–H and O–H groups in total. The van der Waals surface area contributed by atoms with Crippen LogP contribution in [-0.2, 0) is 6.54 Å². The topological polar surface area (TPSA) is 53.0 Å². The molecule has 1 saturated heterocycles. The fraction of sp³-hybridized carbons (Fsp3) is 0.500. The van der Waals surface area contributed by atoms with E-state index in [1.807, 2.05) is 6.07 Å². The molecule has 8 heteroatoms. The molecule has 2 aliphatic rings. The lowest BCUT2D eigenvalue weighted by Gasteiger charge is -2.38. The van der Waals surface area contributed by atoms with E-state index in [0.29, 0.717) is 36.2 Å². The van der Waals surface area contributed by atoms with Gasteiger partial charge in [0.05, 0.1) is 10.5 Å². The van der Waals surface area contributed by atoms with Crippen molar-refractivity contribution in [3.8, 4) is 17.2 Å². The fourth-order valence-corrected chi connectivity index (χ4v) is 4.02. The number of amides is 1. The summed E-state index contributed by atoms with van der Waals surface area (Å²) < 4.78 is 21.0. The Morgan fingerprint density at radius 1 is 1.42 bits per heavy atom. The number of carboxylic acid groups (broad SMARTS) is 1. The summed E-state index contributed by atoms with van der Waals surface area (Å²) in [7, 11) is -1.58. The van der Waals surface area contributed by atoms with E-state index in [1.54, 1.807) is 0 Å². The molecule has 0 bridgehead atoms. The van der Waals surface area contributed by atoms with Crippen LogP contribution in [0.3, 0.4) is 0 Å². The molecule has 1 amide bonds. The van der Waals surface area contributed by atoms with Gasteiger partial charge in [0.2, 0.25) is 0 Å². The van der Waals surface area contributed by atoms with Gasteiger partial charge in [0.1, 0.15) is 14.7 Å². The number of benzene rings is 1. The van der Waals surface area contributed by atoms with Gasteiger partial charge < -0.3 is 14.7 Å². The molecule has 0 aliphatic carbocycles. The van der Waals surface area contributed by atoms with Crippen molar-refractivity contribution in [2.24, 2.45) is 0 Å². The Bertz CT molecular complexity index is 800. The van der Waals surface area contributed by atoms with Crippen molar-refractivity contribution in [1.82, 2.24) is 9.80 Å². The molecule has 2 aliphatic heterocycles. The molecule has 0 radical (unpaired) electrons. The Labute approximate surface area is 162 Å². The molecule has 5 nitrogen and oxygen atoms in total. The first-order valence-corrected chi connectivity index (χ1v) is 12.8. The van der Waals surface area contributed by atoms with Crippen molar-refractivity contribution >= 4 is 30.1 Å². The zero-order chi connectivity index (χ0) is 19.1. The lowest BCUT2D eigenvalue weighted by Crippen LogP contribution is -2.55. The van der Waals surface area contributed by atoms with Gasteiger partial charge in [0.25, 0.3) is 0 Å². The SMILES string of the molecule is C[Si](C)(C)C#Cc1cc2c(c(F)c1Br)OC[C@H]1CN(C(=O)O)CCN1C2. The first-order chi connectivity index (χ1) is 12.2. The van der Waals surface area contributed by atoms with E-state index in [2.05, 4.69) is 51.9 Å². The molecule has 1 aromatic carbocycles. The van der Waals surface area contributed by atoms with Crippen LogP contribution in [0.2, 0.25) is 19.6 Å². The fourth-order valence-electron chi connectivity index (χ4n) is 3.11. The highest BCUT2D eigenvalue weighted by molar-refractivity contribution is 9.10. The normalized spacial score (nSPS) is 20.2. The molecule has 1 atom stereocenters. The molecule has 26 heavy (non-hydrogen) atoms. The van der Waals surface area contributed by atoms with E-state index in [-0.39, 0.29) is 18.4 Å². The summed E-state index contributed by atoms with van der Waals surface area (Å²) >= 11 is 3.32. The third kappa shape index (κ3) is 4.05. The molecule has 0 aromatic heterocycles. The number of ether oxygens (including phenoxy) is 1. The Morgan fingerprint density at radius 3 is 2.81 bits per heavy atom. The van der Waals surface area contributed by atoms with Gasteiger partial charge in [0.15, 0.2) is 11.6 Å². The molecule has 2 heterocycles. The number of rotatable bonds is 0. The zero-order valence-electron chi connectivity index (χ0n) is 15.1. The van der Waals surface area contributed by atoms with Gasteiger partial charge in [-0.15, -0.1) is 5.54 Å². The summed E-state index contributed by atoms with van der Waals surface area (Å²) in [6.07, 6.45) is -0.927. The quantitative estimate of drug-likeness (QED) is 0.496. The Balaban J connectivity index is 1.92. The lowest BCUT2D eigenvalue weighted by molar-refractivity contribution is 0.0499. The van der Waals surface area contributed by atoms with Crippen LogP contribution in [0, 0.1) is 17.3 Å². The molecule has 1 fully saturated rings. The smallest absolute Gasteiger partial charge is 0.407 e. The Kier molecular flexibility index (Phi) is 5.33. The van der Waals surface area contributed by atoms with E-state index < -0.39 is 20.0 Å². The number of halogens is 2. The van der Waals surface area contributed by atoms with Gasteiger partial charge in [-0.1, -0.05) is 25.6 Å². The number of hydrogen-bond acceptors (Lipinski definition) is 3. The van der Waals surface area contributed by atoms with Gasteiger partial charge in [-0.25, -0.2) is 9.18 Å². The summed E-state index contributed by atoms with van der Waals surface area (Å²) in [6, 6.07) is 1.81. The Morgan fingerprint density at radius 2 is 2.15 bits per heavy atom. The van der Waals surface area contributed by atoms with Crippen molar-refractivity contribution in [3.05, 3.63) is 27.5 Å². The second-order valence-corrected chi connectivity index (χ2v) is 13.2. The number of fused-ring (bicyclic) bond motifs is 2.